The molecule has 15 heavy (non-hydrogen) atoms. The Morgan fingerprint density at radius 1 is 1.40 bits per heavy atom. The number of ether oxygens (including phenoxy) is 1. The van der Waals surface area contributed by atoms with Gasteiger partial charge in [-0.3, -0.25) is 0 Å². The highest BCUT2D eigenvalue weighted by atomic mass is 16.5. The second kappa shape index (κ2) is 6.38. The molecule has 82 valence electrons. The van der Waals surface area contributed by atoms with Gasteiger partial charge in [0.1, 0.15) is 0 Å². The number of hydrogen-bond donors (Lipinski definition) is 1. The Hall–Kier alpha value is -1.12. The van der Waals surface area contributed by atoms with Crippen LogP contribution in [0.15, 0.2) is 43.0 Å². The van der Waals surface area contributed by atoms with Gasteiger partial charge in [-0.25, -0.2) is 0 Å². The summed E-state index contributed by atoms with van der Waals surface area (Å²) >= 11 is 0. The minimum atomic E-state index is -0.0331. The molecule has 1 aromatic carbocycles. The lowest BCUT2D eigenvalue weighted by Crippen LogP contribution is -2.29. The van der Waals surface area contributed by atoms with E-state index in [4.69, 9.17) is 10.5 Å². The van der Waals surface area contributed by atoms with E-state index in [-0.39, 0.29) is 12.1 Å². The van der Waals surface area contributed by atoms with Gasteiger partial charge in [0, 0.05) is 12.6 Å². The van der Waals surface area contributed by atoms with Gasteiger partial charge in [0.05, 0.1) is 6.10 Å². The molecule has 0 radical (unpaired) electrons. The van der Waals surface area contributed by atoms with Crippen LogP contribution >= 0.6 is 0 Å². The molecule has 0 saturated carbocycles. The molecular weight excluding hydrogens is 186 g/mol. The summed E-state index contributed by atoms with van der Waals surface area (Å²) in [7, 11) is 0. The fourth-order valence-corrected chi connectivity index (χ4v) is 1.61. The number of hydrogen-bond acceptors (Lipinski definition) is 2. The molecule has 2 unspecified atom stereocenters. The Labute approximate surface area is 91.7 Å². The van der Waals surface area contributed by atoms with Crippen molar-refractivity contribution in [1.29, 1.82) is 0 Å². The van der Waals surface area contributed by atoms with Gasteiger partial charge in [-0.2, -0.15) is 0 Å². The predicted molar refractivity (Wildman–Crippen MR) is 63.6 cm³/mol. The van der Waals surface area contributed by atoms with Crippen LogP contribution in [0, 0.1) is 0 Å². The van der Waals surface area contributed by atoms with E-state index < -0.39 is 0 Å². The smallest absolute Gasteiger partial charge is 0.0978 e. The maximum atomic E-state index is 6.05. The van der Waals surface area contributed by atoms with Gasteiger partial charge >= 0.3 is 0 Å². The fraction of sp³-hybridized carbons (Fsp3) is 0.385. The van der Waals surface area contributed by atoms with Gasteiger partial charge in [0.25, 0.3) is 0 Å². The van der Waals surface area contributed by atoms with Crippen molar-refractivity contribution in [1.82, 2.24) is 0 Å². The van der Waals surface area contributed by atoms with Crippen molar-refractivity contribution >= 4 is 0 Å². The highest BCUT2D eigenvalue weighted by Gasteiger charge is 2.18. The predicted octanol–water partition coefficient (Wildman–Crippen LogP) is 2.67. The third-order valence-corrected chi connectivity index (χ3v) is 2.30. The molecule has 0 aromatic heterocycles. The lowest BCUT2D eigenvalue weighted by Gasteiger charge is -2.23. The summed E-state index contributed by atoms with van der Waals surface area (Å²) in [5, 5.41) is 0. The average Bonchev–Trinajstić information content (AvgIpc) is 2.27. The Balaban J connectivity index is 2.77. The number of nitrogens with two attached hydrogens (primary N) is 1. The molecule has 0 aliphatic rings. The average molecular weight is 205 g/mol. The Bertz CT molecular complexity index is 284. The summed E-state index contributed by atoms with van der Waals surface area (Å²) in [6, 6.07) is 10.1. The van der Waals surface area contributed by atoms with Gasteiger partial charge in [-0.15, -0.1) is 6.58 Å². The summed E-state index contributed by atoms with van der Waals surface area (Å²) in [6.07, 6.45) is 2.56. The fourth-order valence-electron chi connectivity index (χ4n) is 1.61. The van der Waals surface area contributed by atoms with E-state index in [2.05, 4.69) is 6.58 Å². The van der Waals surface area contributed by atoms with Crippen molar-refractivity contribution in [3.8, 4) is 0 Å². The molecule has 2 N–H and O–H groups in total. The van der Waals surface area contributed by atoms with E-state index in [0.29, 0.717) is 6.61 Å². The van der Waals surface area contributed by atoms with Crippen molar-refractivity contribution in [3.05, 3.63) is 48.6 Å². The molecule has 0 amide bonds. The number of rotatable bonds is 6. The Morgan fingerprint density at radius 2 is 2.07 bits per heavy atom. The zero-order chi connectivity index (χ0) is 11.1. The monoisotopic (exact) mass is 205 g/mol. The molecule has 0 saturated heterocycles. The van der Waals surface area contributed by atoms with Gasteiger partial charge in [-0.1, -0.05) is 36.4 Å². The number of benzene rings is 1. The standard InChI is InChI=1S/C13H19NO/c1-3-8-12(14)13(15-4-2)11-9-6-5-7-10-11/h3,5-7,9-10,12-13H,1,4,8,14H2,2H3. The highest BCUT2D eigenvalue weighted by Crippen LogP contribution is 2.21. The maximum absolute atomic E-state index is 6.05. The van der Waals surface area contributed by atoms with Crippen LogP contribution in [0.3, 0.4) is 0 Å². The summed E-state index contributed by atoms with van der Waals surface area (Å²) < 4.78 is 5.67. The van der Waals surface area contributed by atoms with Gasteiger partial charge in [-0.05, 0) is 18.9 Å². The van der Waals surface area contributed by atoms with Gasteiger partial charge < -0.3 is 10.5 Å². The van der Waals surface area contributed by atoms with E-state index in [1.54, 1.807) is 0 Å². The first-order valence-corrected chi connectivity index (χ1v) is 5.32. The summed E-state index contributed by atoms with van der Waals surface area (Å²) in [4.78, 5) is 0. The van der Waals surface area contributed by atoms with Gasteiger partial charge in [0.2, 0.25) is 0 Å². The molecule has 0 spiro atoms. The van der Waals surface area contributed by atoms with Crippen LogP contribution in [0.4, 0.5) is 0 Å². The second-order valence-electron chi connectivity index (χ2n) is 3.47. The van der Waals surface area contributed by atoms with E-state index >= 15 is 0 Å². The molecule has 2 nitrogen and oxygen atoms in total. The lowest BCUT2D eigenvalue weighted by atomic mass is 10.0. The molecule has 1 aromatic rings. The topological polar surface area (TPSA) is 35.2 Å². The molecule has 0 fully saturated rings. The molecule has 0 aliphatic carbocycles. The van der Waals surface area contributed by atoms with E-state index in [0.717, 1.165) is 12.0 Å². The van der Waals surface area contributed by atoms with Crippen LogP contribution in [0.1, 0.15) is 25.0 Å². The van der Waals surface area contributed by atoms with Crippen molar-refractivity contribution in [2.75, 3.05) is 6.61 Å². The first-order chi connectivity index (χ1) is 7.29. The Morgan fingerprint density at radius 3 is 2.60 bits per heavy atom. The van der Waals surface area contributed by atoms with E-state index in [1.807, 2.05) is 43.3 Å². The normalized spacial score (nSPS) is 14.5. The van der Waals surface area contributed by atoms with Crippen molar-refractivity contribution in [3.63, 3.8) is 0 Å². The van der Waals surface area contributed by atoms with Crippen LogP contribution in [0.25, 0.3) is 0 Å². The Kier molecular flexibility index (Phi) is 5.08. The zero-order valence-corrected chi connectivity index (χ0v) is 9.23. The third kappa shape index (κ3) is 3.50. The molecule has 1 rings (SSSR count). The maximum Gasteiger partial charge on any atom is 0.0978 e. The van der Waals surface area contributed by atoms with Crippen molar-refractivity contribution < 1.29 is 4.74 Å². The van der Waals surface area contributed by atoms with Crippen LogP contribution in [-0.2, 0) is 4.74 Å². The summed E-state index contributed by atoms with van der Waals surface area (Å²) in [5.41, 5.74) is 7.18. The molecule has 0 heterocycles. The van der Waals surface area contributed by atoms with E-state index in [9.17, 15) is 0 Å². The largest absolute Gasteiger partial charge is 0.372 e. The second-order valence-corrected chi connectivity index (χ2v) is 3.47. The zero-order valence-electron chi connectivity index (χ0n) is 9.23. The first kappa shape index (κ1) is 12.0. The van der Waals surface area contributed by atoms with Crippen LogP contribution < -0.4 is 5.73 Å². The highest BCUT2D eigenvalue weighted by molar-refractivity contribution is 5.19. The molecular formula is C13H19NO. The minimum Gasteiger partial charge on any atom is -0.372 e. The van der Waals surface area contributed by atoms with Crippen LogP contribution in [-0.4, -0.2) is 12.6 Å². The quantitative estimate of drug-likeness (QED) is 0.725. The summed E-state index contributed by atoms with van der Waals surface area (Å²) in [6.45, 7) is 6.36. The molecule has 0 aliphatic heterocycles. The van der Waals surface area contributed by atoms with E-state index in [1.165, 1.54) is 0 Å². The third-order valence-electron chi connectivity index (χ3n) is 2.30. The SMILES string of the molecule is C=CCC(N)C(OCC)c1ccccc1. The van der Waals surface area contributed by atoms with Gasteiger partial charge in [0.15, 0.2) is 0 Å². The van der Waals surface area contributed by atoms with Crippen molar-refractivity contribution in [2.45, 2.75) is 25.5 Å². The molecule has 2 heteroatoms. The summed E-state index contributed by atoms with van der Waals surface area (Å²) in [5.74, 6) is 0. The van der Waals surface area contributed by atoms with Crippen LogP contribution in [0.5, 0.6) is 0 Å². The molecule has 2 atom stereocenters. The van der Waals surface area contributed by atoms with Crippen LogP contribution in [0.2, 0.25) is 0 Å². The minimum absolute atomic E-state index is 0.0233. The first-order valence-electron chi connectivity index (χ1n) is 5.32. The molecule has 0 bridgehead atoms. The lowest BCUT2D eigenvalue weighted by molar-refractivity contribution is 0.0439. The van der Waals surface area contributed by atoms with Crippen molar-refractivity contribution in [2.24, 2.45) is 5.73 Å².